The first kappa shape index (κ1) is 20.7. The highest BCUT2D eigenvalue weighted by Crippen LogP contribution is 2.41. The molecule has 160 valence electrons. The van der Waals surface area contributed by atoms with E-state index in [2.05, 4.69) is 5.32 Å². The van der Waals surface area contributed by atoms with E-state index in [9.17, 15) is 14.4 Å². The fourth-order valence-electron chi connectivity index (χ4n) is 4.34. The van der Waals surface area contributed by atoms with Gasteiger partial charge in [0.1, 0.15) is 11.5 Å². The Morgan fingerprint density at radius 1 is 1.06 bits per heavy atom. The van der Waals surface area contributed by atoms with Crippen LogP contribution in [0, 0.1) is 17.8 Å². The van der Waals surface area contributed by atoms with Gasteiger partial charge in [-0.15, -0.1) is 0 Å². The normalized spacial score (nSPS) is 22.3. The lowest BCUT2D eigenvalue weighted by Crippen LogP contribution is -2.33. The molecule has 3 amide bonds. The number of fused-ring (bicyclic) bond motifs is 1. The van der Waals surface area contributed by atoms with E-state index < -0.39 is 11.8 Å². The van der Waals surface area contributed by atoms with Gasteiger partial charge < -0.3 is 14.8 Å². The maximum atomic E-state index is 13.2. The Bertz CT molecular complexity index is 1080. The minimum atomic E-state index is -0.444. The van der Waals surface area contributed by atoms with Crippen LogP contribution in [0.2, 0.25) is 0 Å². The highest BCUT2D eigenvalue weighted by atomic mass is 16.5. The van der Waals surface area contributed by atoms with Crippen molar-refractivity contribution in [3.05, 3.63) is 60.2 Å². The average Bonchev–Trinajstić information content (AvgIpc) is 3.04. The lowest BCUT2D eigenvalue weighted by Gasteiger charge is -2.22. The summed E-state index contributed by atoms with van der Waals surface area (Å²) in [6.45, 7) is 1.94. The molecule has 1 aliphatic carbocycles. The second-order valence-electron chi connectivity index (χ2n) is 7.70. The average molecular weight is 420 g/mol. The van der Waals surface area contributed by atoms with Gasteiger partial charge in [0.25, 0.3) is 5.91 Å². The SMILES string of the molecule is COc1ccc(NC(=O)c2ccccc2N2C(=O)[C@@H]3[C@H](C)C=CC[C@H]3C2=O)c(OC)c1. The van der Waals surface area contributed by atoms with Crippen LogP contribution in [-0.2, 0) is 9.59 Å². The van der Waals surface area contributed by atoms with Crippen molar-refractivity contribution < 1.29 is 23.9 Å². The predicted octanol–water partition coefficient (Wildman–Crippen LogP) is 3.66. The molecule has 31 heavy (non-hydrogen) atoms. The van der Waals surface area contributed by atoms with E-state index in [1.807, 2.05) is 19.1 Å². The van der Waals surface area contributed by atoms with Gasteiger partial charge in [0.2, 0.25) is 11.8 Å². The van der Waals surface area contributed by atoms with Crippen molar-refractivity contribution in [3.63, 3.8) is 0 Å². The van der Waals surface area contributed by atoms with Crippen LogP contribution in [0.15, 0.2) is 54.6 Å². The van der Waals surface area contributed by atoms with Gasteiger partial charge >= 0.3 is 0 Å². The summed E-state index contributed by atoms with van der Waals surface area (Å²) in [4.78, 5) is 40.6. The van der Waals surface area contributed by atoms with Gasteiger partial charge in [-0.2, -0.15) is 0 Å². The van der Waals surface area contributed by atoms with Crippen molar-refractivity contribution in [2.45, 2.75) is 13.3 Å². The van der Waals surface area contributed by atoms with E-state index in [0.29, 0.717) is 29.3 Å². The van der Waals surface area contributed by atoms with Crippen LogP contribution in [-0.4, -0.2) is 31.9 Å². The number of nitrogens with zero attached hydrogens (tertiary/aromatic N) is 1. The zero-order valence-corrected chi connectivity index (χ0v) is 17.6. The maximum Gasteiger partial charge on any atom is 0.257 e. The molecule has 2 aromatic carbocycles. The zero-order valence-electron chi connectivity index (χ0n) is 17.6. The number of methoxy groups -OCH3 is 2. The monoisotopic (exact) mass is 420 g/mol. The third-order valence-corrected chi connectivity index (χ3v) is 5.92. The topological polar surface area (TPSA) is 84.9 Å². The molecule has 4 rings (SSSR count). The van der Waals surface area contributed by atoms with Crippen molar-refractivity contribution in [3.8, 4) is 11.5 Å². The standard InChI is InChI=1S/C24H24N2O5/c1-14-7-6-9-17-21(14)24(29)26(23(17)28)19-10-5-4-8-16(19)22(27)25-18-12-11-15(30-2)13-20(18)31-3/h4-8,10-14,17,21H,9H2,1-3H3,(H,25,27)/t14-,17-,21-/m1/s1. The van der Waals surface area contributed by atoms with Gasteiger partial charge in [-0.1, -0.05) is 31.2 Å². The molecule has 2 aromatic rings. The number of anilines is 2. The second-order valence-corrected chi connectivity index (χ2v) is 7.70. The number of nitrogens with one attached hydrogen (secondary N) is 1. The molecule has 1 saturated heterocycles. The summed E-state index contributed by atoms with van der Waals surface area (Å²) in [5, 5.41) is 2.81. The zero-order chi connectivity index (χ0) is 22.1. The van der Waals surface area contributed by atoms with Crippen LogP contribution >= 0.6 is 0 Å². The Kier molecular flexibility index (Phi) is 5.50. The molecule has 0 unspecified atom stereocenters. The van der Waals surface area contributed by atoms with Crippen molar-refractivity contribution in [1.82, 2.24) is 0 Å². The summed E-state index contributed by atoms with van der Waals surface area (Å²) in [7, 11) is 3.04. The molecule has 0 spiro atoms. The fourth-order valence-corrected chi connectivity index (χ4v) is 4.34. The molecule has 0 radical (unpaired) electrons. The molecule has 0 saturated carbocycles. The van der Waals surface area contributed by atoms with E-state index >= 15 is 0 Å². The quantitative estimate of drug-likeness (QED) is 0.589. The fraction of sp³-hybridized carbons (Fsp3) is 0.292. The van der Waals surface area contributed by atoms with E-state index in [1.165, 1.54) is 12.0 Å². The number of ether oxygens (including phenoxy) is 2. The van der Waals surface area contributed by atoms with Crippen molar-refractivity contribution in [2.75, 3.05) is 24.4 Å². The molecule has 0 aromatic heterocycles. The third kappa shape index (κ3) is 3.56. The number of benzene rings is 2. The van der Waals surface area contributed by atoms with E-state index in [0.717, 1.165) is 0 Å². The number of imide groups is 1. The number of amides is 3. The summed E-state index contributed by atoms with van der Waals surface area (Å²) < 4.78 is 10.5. The molecular weight excluding hydrogens is 396 g/mol. The predicted molar refractivity (Wildman–Crippen MR) is 116 cm³/mol. The number of carbonyl (C=O) groups excluding carboxylic acids is 3. The lowest BCUT2D eigenvalue weighted by atomic mass is 9.78. The van der Waals surface area contributed by atoms with E-state index in [4.69, 9.17) is 9.47 Å². The number of hydrogen-bond acceptors (Lipinski definition) is 5. The second kappa shape index (κ2) is 8.26. The first-order valence-corrected chi connectivity index (χ1v) is 10.1. The molecule has 1 fully saturated rings. The summed E-state index contributed by atoms with van der Waals surface area (Å²) in [6, 6.07) is 11.7. The highest BCUT2D eigenvalue weighted by molar-refractivity contribution is 6.25. The minimum absolute atomic E-state index is 0.0234. The molecule has 1 aliphatic heterocycles. The van der Waals surface area contributed by atoms with Crippen LogP contribution in [0.5, 0.6) is 11.5 Å². The minimum Gasteiger partial charge on any atom is -0.497 e. The highest BCUT2D eigenvalue weighted by Gasteiger charge is 2.51. The van der Waals surface area contributed by atoms with Crippen LogP contribution in [0.3, 0.4) is 0 Å². The Labute approximate surface area is 180 Å². The maximum absolute atomic E-state index is 13.2. The Balaban J connectivity index is 1.66. The van der Waals surface area contributed by atoms with Crippen LogP contribution in [0.4, 0.5) is 11.4 Å². The summed E-state index contributed by atoms with van der Waals surface area (Å²) in [5.41, 5.74) is 0.985. The molecule has 0 bridgehead atoms. The van der Waals surface area contributed by atoms with Gasteiger partial charge in [-0.05, 0) is 36.6 Å². The summed E-state index contributed by atoms with van der Waals surface area (Å²) >= 11 is 0. The smallest absolute Gasteiger partial charge is 0.257 e. The van der Waals surface area contributed by atoms with Crippen molar-refractivity contribution in [1.29, 1.82) is 0 Å². The van der Waals surface area contributed by atoms with Gasteiger partial charge in [-0.25, -0.2) is 4.90 Å². The van der Waals surface area contributed by atoms with Crippen LogP contribution in [0.1, 0.15) is 23.7 Å². The Morgan fingerprint density at radius 3 is 2.55 bits per heavy atom. The van der Waals surface area contributed by atoms with E-state index in [1.54, 1.807) is 49.6 Å². The Hall–Kier alpha value is -3.61. The summed E-state index contributed by atoms with van der Waals surface area (Å²) in [5.74, 6) is -0.730. The van der Waals surface area contributed by atoms with Gasteiger partial charge in [0.05, 0.1) is 43.0 Å². The largest absolute Gasteiger partial charge is 0.497 e. The van der Waals surface area contributed by atoms with Gasteiger partial charge in [0, 0.05) is 6.07 Å². The van der Waals surface area contributed by atoms with Crippen LogP contribution in [0.25, 0.3) is 0 Å². The number of allylic oxidation sites excluding steroid dienone is 2. The van der Waals surface area contributed by atoms with Gasteiger partial charge in [-0.3, -0.25) is 14.4 Å². The van der Waals surface area contributed by atoms with Gasteiger partial charge in [0.15, 0.2) is 0 Å². The Morgan fingerprint density at radius 2 is 1.84 bits per heavy atom. The third-order valence-electron chi connectivity index (χ3n) is 5.92. The molecular formula is C24H24N2O5. The molecule has 2 aliphatic rings. The van der Waals surface area contributed by atoms with Crippen molar-refractivity contribution >= 4 is 29.1 Å². The molecule has 3 atom stereocenters. The molecule has 1 heterocycles. The molecule has 7 heteroatoms. The molecule has 7 nitrogen and oxygen atoms in total. The van der Waals surface area contributed by atoms with Crippen molar-refractivity contribution in [2.24, 2.45) is 17.8 Å². The van der Waals surface area contributed by atoms with E-state index in [-0.39, 0.29) is 29.2 Å². The summed E-state index contributed by atoms with van der Waals surface area (Å²) in [6.07, 6.45) is 4.47. The number of para-hydroxylation sites is 1. The lowest BCUT2D eigenvalue weighted by molar-refractivity contribution is -0.122. The molecule has 1 N–H and O–H groups in total. The number of hydrogen-bond donors (Lipinski definition) is 1. The number of carbonyl (C=O) groups is 3. The number of rotatable bonds is 5. The first-order chi connectivity index (χ1) is 15.0. The first-order valence-electron chi connectivity index (χ1n) is 10.1. The van der Waals surface area contributed by atoms with Crippen LogP contribution < -0.4 is 19.7 Å².